The molecule has 0 aliphatic carbocycles. The zero-order chi connectivity index (χ0) is 18.8. The lowest BCUT2D eigenvalue weighted by atomic mass is 10.1. The molecule has 0 saturated carbocycles. The average Bonchev–Trinajstić information content (AvgIpc) is 2.98. The van der Waals surface area contributed by atoms with Crippen LogP contribution in [0.15, 0.2) is 42.5 Å². The summed E-state index contributed by atoms with van der Waals surface area (Å²) in [6.07, 6.45) is 3.89. The van der Waals surface area contributed by atoms with Gasteiger partial charge in [0.15, 0.2) is 0 Å². The van der Waals surface area contributed by atoms with Gasteiger partial charge in [-0.3, -0.25) is 9.69 Å². The van der Waals surface area contributed by atoms with Crippen LogP contribution in [0.25, 0.3) is 11.0 Å². The molecular formula is C22H26N4O. The molecule has 1 aliphatic rings. The summed E-state index contributed by atoms with van der Waals surface area (Å²) in [5.41, 5.74) is 4.46. The molecule has 2 aromatic carbocycles. The first-order chi connectivity index (χ1) is 13.1. The normalized spacial score (nSPS) is 15.2. The summed E-state index contributed by atoms with van der Waals surface area (Å²) >= 11 is 0. The number of likely N-dealkylation sites (tertiary alicyclic amines) is 1. The summed E-state index contributed by atoms with van der Waals surface area (Å²) in [6, 6.07) is 13.6. The van der Waals surface area contributed by atoms with Gasteiger partial charge in [-0.05, 0) is 62.7 Å². The average molecular weight is 362 g/mol. The number of carbonyl (C=O) groups excluding carboxylic acids is 1. The first-order valence-electron chi connectivity index (χ1n) is 9.66. The van der Waals surface area contributed by atoms with Gasteiger partial charge >= 0.3 is 0 Å². The Kier molecular flexibility index (Phi) is 4.94. The fraction of sp³-hybridized carbons (Fsp3) is 0.364. The number of fused-ring (bicyclic) bond motifs is 1. The predicted molar refractivity (Wildman–Crippen MR) is 109 cm³/mol. The third-order valence-corrected chi connectivity index (χ3v) is 5.43. The van der Waals surface area contributed by atoms with Gasteiger partial charge in [0.2, 0.25) is 0 Å². The molecule has 1 fully saturated rings. The smallest absolute Gasteiger partial charge is 0.255 e. The van der Waals surface area contributed by atoms with E-state index in [2.05, 4.69) is 21.8 Å². The van der Waals surface area contributed by atoms with Gasteiger partial charge < -0.3 is 9.88 Å². The molecule has 0 unspecified atom stereocenters. The van der Waals surface area contributed by atoms with Crippen molar-refractivity contribution in [1.29, 1.82) is 0 Å². The van der Waals surface area contributed by atoms with Crippen molar-refractivity contribution in [2.45, 2.75) is 32.7 Å². The number of hydrogen-bond donors (Lipinski definition) is 1. The van der Waals surface area contributed by atoms with Crippen molar-refractivity contribution in [3.05, 3.63) is 59.4 Å². The van der Waals surface area contributed by atoms with E-state index in [0.717, 1.165) is 47.7 Å². The SMILES string of the molecule is Cc1ccccc1C(=O)Nc1ccc2c(c1)nc(CN1CCCCC1)n2C. The van der Waals surface area contributed by atoms with Crippen molar-refractivity contribution in [3.63, 3.8) is 0 Å². The van der Waals surface area contributed by atoms with Crippen molar-refractivity contribution in [2.75, 3.05) is 18.4 Å². The van der Waals surface area contributed by atoms with Crippen LogP contribution >= 0.6 is 0 Å². The molecule has 1 N–H and O–H groups in total. The van der Waals surface area contributed by atoms with Crippen LogP contribution in [0, 0.1) is 6.92 Å². The second-order valence-corrected chi connectivity index (χ2v) is 7.40. The highest BCUT2D eigenvalue weighted by atomic mass is 16.1. The van der Waals surface area contributed by atoms with Crippen LogP contribution < -0.4 is 5.32 Å². The zero-order valence-electron chi connectivity index (χ0n) is 16.0. The number of aromatic nitrogens is 2. The fourth-order valence-electron chi connectivity index (χ4n) is 3.81. The van der Waals surface area contributed by atoms with Gasteiger partial charge in [-0.2, -0.15) is 0 Å². The van der Waals surface area contributed by atoms with E-state index in [9.17, 15) is 4.79 Å². The number of aryl methyl sites for hydroxylation is 2. The molecule has 5 heteroatoms. The molecular weight excluding hydrogens is 336 g/mol. The van der Waals surface area contributed by atoms with E-state index in [-0.39, 0.29) is 5.91 Å². The molecule has 0 bridgehead atoms. The molecule has 1 amide bonds. The van der Waals surface area contributed by atoms with Crippen LogP contribution in [-0.4, -0.2) is 33.4 Å². The third kappa shape index (κ3) is 3.74. The van der Waals surface area contributed by atoms with E-state index in [1.165, 1.54) is 19.3 Å². The molecule has 2 heterocycles. The van der Waals surface area contributed by atoms with E-state index >= 15 is 0 Å². The predicted octanol–water partition coefficient (Wildman–Crippen LogP) is 4.12. The number of carbonyl (C=O) groups is 1. The van der Waals surface area contributed by atoms with Crippen molar-refractivity contribution >= 4 is 22.6 Å². The van der Waals surface area contributed by atoms with E-state index < -0.39 is 0 Å². The van der Waals surface area contributed by atoms with E-state index in [1.807, 2.05) is 49.4 Å². The van der Waals surface area contributed by atoms with Gasteiger partial charge in [-0.1, -0.05) is 24.6 Å². The standard InChI is InChI=1S/C22H26N4O/c1-16-8-4-5-9-18(16)22(27)23-17-10-11-20-19(14-17)24-21(25(20)2)15-26-12-6-3-7-13-26/h4-5,8-11,14H,3,6-7,12-13,15H2,1-2H3,(H,23,27). The lowest BCUT2D eigenvalue weighted by Crippen LogP contribution is -2.30. The summed E-state index contributed by atoms with van der Waals surface area (Å²) in [4.78, 5) is 19.9. The number of benzene rings is 2. The molecule has 0 spiro atoms. The molecule has 27 heavy (non-hydrogen) atoms. The zero-order valence-corrected chi connectivity index (χ0v) is 16.0. The molecule has 1 aromatic heterocycles. The number of nitrogens with zero attached hydrogens (tertiary/aromatic N) is 3. The molecule has 4 rings (SSSR count). The van der Waals surface area contributed by atoms with Crippen LogP contribution in [0.2, 0.25) is 0 Å². The Bertz CT molecular complexity index is 970. The van der Waals surface area contributed by atoms with Crippen molar-refractivity contribution in [3.8, 4) is 0 Å². The largest absolute Gasteiger partial charge is 0.330 e. The highest BCUT2D eigenvalue weighted by Gasteiger charge is 2.15. The lowest BCUT2D eigenvalue weighted by Gasteiger charge is -2.25. The Labute approximate surface area is 160 Å². The number of piperidine rings is 1. The molecule has 1 aliphatic heterocycles. The van der Waals surface area contributed by atoms with Gasteiger partial charge in [0, 0.05) is 18.3 Å². The van der Waals surface area contributed by atoms with E-state index in [0.29, 0.717) is 5.56 Å². The van der Waals surface area contributed by atoms with Gasteiger partial charge in [0.1, 0.15) is 5.82 Å². The molecule has 1 saturated heterocycles. The van der Waals surface area contributed by atoms with E-state index in [1.54, 1.807) is 0 Å². The minimum atomic E-state index is -0.0862. The minimum Gasteiger partial charge on any atom is -0.330 e. The van der Waals surface area contributed by atoms with Crippen molar-refractivity contribution in [1.82, 2.24) is 14.5 Å². The Morgan fingerprint density at radius 3 is 2.67 bits per heavy atom. The Morgan fingerprint density at radius 1 is 1.11 bits per heavy atom. The number of imidazole rings is 1. The maximum atomic E-state index is 12.6. The highest BCUT2D eigenvalue weighted by Crippen LogP contribution is 2.22. The molecule has 3 aromatic rings. The Hall–Kier alpha value is -2.66. The number of rotatable bonds is 4. The van der Waals surface area contributed by atoms with Gasteiger partial charge in [-0.25, -0.2) is 4.98 Å². The summed E-state index contributed by atoms with van der Waals surface area (Å²) in [5, 5.41) is 3.00. The van der Waals surface area contributed by atoms with Crippen LogP contribution in [-0.2, 0) is 13.6 Å². The minimum absolute atomic E-state index is 0.0862. The second kappa shape index (κ2) is 7.53. The number of amides is 1. The summed E-state index contributed by atoms with van der Waals surface area (Å²) in [6.45, 7) is 5.14. The quantitative estimate of drug-likeness (QED) is 0.759. The summed E-state index contributed by atoms with van der Waals surface area (Å²) in [5.74, 6) is 0.992. The Morgan fingerprint density at radius 2 is 1.89 bits per heavy atom. The van der Waals surface area contributed by atoms with Gasteiger partial charge in [0.05, 0.1) is 17.6 Å². The summed E-state index contributed by atoms with van der Waals surface area (Å²) < 4.78 is 2.16. The first-order valence-corrected chi connectivity index (χ1v) is 9.66. The molecule has 140 valence electrons. The fourth-order valence-corrected chi connectivity index (χ4v) is 3.81. The Balaban J connectivity index is 1.55. The van der Waals surface area contributed by atoms with Gasteiger partial charge in [-0.15, -0.1) is 0 Å². The number of hydrogen-bond acceptors (Lipinski definition) is 3. The monoisotopic (exact) mass is 362 g/mol. The highest BCUT2D eigenvalue weighted by molar-refractivity contribution is 6.05. The van der Waals surface area contributed by atoms with Crippen molar-refractivity contribution < 1.29 is 4.79 Å². The number of nitrogens with one attached hydrogen (secondary N) is 1. The van der Waals surface area contributed by atoms with Crippen LogP contribution in [0.3, 0.4) is 0 Å². The van der Waals surface area contributed by atoms with Crippen molar-refractivity contribution in [2.24, 2.45) is 7.05 Å². The van der Waals surface area contributed by atoms with Crippen LogP contribution in [0.5, 0.6) is 0 Å². The number of anilines is 1. The topological polar surface area (TPSA) is 50.2 Å². The lowest BCUT2D eigenvalue weighted by molar-refractivity contribution is 0.102. The van der Waals surface area contributed by atoms with Gasteiger partial charge in [0.25, 0.3) is 5.91 Å². The molecule has 0 atom stereocenters. The maximum absolute atomic E-state index is 12.6. The molecule has 5 nitrogen and oxygen atoms in total. The third-order valence-electron chi connectivity index (χ3n) is 5.43. The van der Waals surface area contributed by atoms with Crippen LogP contribution in [0.4, 0.5) is 5.69 Å². The second-order valence-electron chi connectivity index (χ2n) is 7.40. The molecule has 0 radical (unpaired) electrons. The van der Waals surface area contributed by atoms with Crippen LogP contribution in [0.1, 0.15) is 41.0 Å². The van der Waals surface area contributed by atoms with E-state index in [4.69, 9.17) is 4.98 Å². The first kappa shape index (κ1) is 17.7. The summed E-state index contributed by atoms with van der Waals surface area (Å²) in [7, 11) is 2.07. The maximum Gasteiger partial charge on any atom is 0.255 e.